The van der Waals surface area contributed by atoms with Crippen molar-refractivity contribution in [2.75, 3.05) is 37.8 Å². The van der Waals surface area contributed by atoms with Gasteiger partial charge in [-0.1, -0.05) is 16.8 Å². The first kappa shape index (κ1) is 17.5. The summed E-state index contributed by atoms with van der Waals surface area (Å²) in [6.07, 6.45) is 3.07. The summed E-state index contributed by atoms with van der Waals surface area (Å²) >= 11 is 6.19. The Balaban J connectivity index is 1.59. The number of nitrogens with one attached hydrogen (secondary N) is 1. The van der Waals surface area contributed by atoms with Gasteiger partial charge in [-0.15, -0.1) is 5.10 Å². The van der Waals surface area contributed by atoms with E-state index in [4.69, 9.17) is 11.6 Å². The molecule has 0 radical (unpaired) electrons. The van der Waals surface area contributed by atoms with Crippen LogP contribution < -0.4 is 10.6 Å². The van der Waals surface area contributed by atoms with Gasteiger partial charge in [-0.2, -0.15) is 0 Å². The molecule has 3 heterocycles. The Hall–Kier alpha value is -1.95. The smallest absolute Gasteiger partial charge is 0.160 e. The van der Waals surface area contributed by atoms with Crippen molar-refractivity contribution < 1.29 is 4.57 Å². The third kappa shape index (κ3) is 3.11. The maximum absolute atomic E-state index is 13.2. The zero-order valence-corrected chi connectivity index (χ0v) is 16.3. The summed E-state index contributed by atoms with van der Waals surface area (Å²) in [5.41, 5.74) is 2.21. The van der Waals surface area contributed by atoms with Crippen LogP contribution in [-0.2, 0) is 11.6 Å². The third-order valence-electron chi connectivity index (χ3n) is 4.87. The van der Waals surface area contributed by atoms with Crippen molar-refractivity contribution in [2.24, 2.45) is 7.05 Å². The summed E-state index contributed by atoms with van der Waals surface area (Å²) in [4.78, 5) is 6.56. The molecule has 0 spiro atoms. The quantitative estimate of drug-likeness (QED) is 0.693. The zero-order chi connectivity index (χ0) is 18.3. The third-order valence-corrected chi connectivity index (χ3v) is 8.23. The van der Waals surface area contributed by atoms with Gasteiger partial charge in [0.25, 0.3) is 0 Å². The first-order chi connectivity index (χ1) is 12.5. The predicted molar refractivity (Wildman–Crippen MR) is 106 cm³/mol. The summed E-state index contributed by atoms with van der Waals surface area (Å²) in [7, 11) is 1.59. The van der Waals surface area contributed by atoms with Crippen LogP contribution in [0.15, 0.2) is 30.5 Å². The molecule has 3 aromatic rings. The molecule has 2 aromatic heterocycles. The van der Waals surface area contributed by atoms with Gasteiger partial charge in [-0.3, -0.25) is 0 Å². The highest BCUT2D eigenvalue weighted by Crippen LogP contribution is 2.46. The van der Waals surface area contributed by atoms with Crippen LogP contribution >= 0.6 is 18.7 Å². The molecule has 1 fully saturated rings. The van der Waals surface area contributed by atoms with Gasteiger partial charge < -0.3 is 14.8 Å². The largest absolute Gasteiger partial charge is 0.338 e. The lowest BCUT2D eigenvalue weighted by Crippen LogP contribution is -2.34. The molecular formula is C17H20ClN6OP. The average Bonchev–Trinajstić information content (AvgIpc) is 3.04. The first-order valence-corrected chi connectivity index (χ1v) is 10.9. The predicted octanol–water partition coefficient (Wildman–Crippen LogP) is 2.69. The molecule has 4 rings (SSSR count). The maximum Gasteiger partial charge on any atom is 0.160 e. The number of rotatable bonds is 3. The summed E-state index contributed by atoms with van der Waals surface area (Å²) < 4.78 is 14.8. The number of anilines is 2. The normalized spacial score (nSPS) is 17.5. The van der Waals surface area contributed by atoms with E-state index in [0.717, 1.165) is 41.9 Å². The minimum atomic E-state index is -2.28. The number of hydrogen-bond acceptors (Lipinski definition) is 6. The van der Waals surface area contributed by atoms with Gasteiger partial charge in [0, 0.05) is 43.5 Å². The van der Waals surface area contributed by atoms with E-state index in [1.54, 1.807) is 17.9 Å². The van der Waals surface area contributed by atoms with Gasteiger partial charge in [0.15, 0.2) is 11.3 Å². The molecule has 0 atom stereocenters. The molecule has 26 heavy (non-hydrogen) atoms. The number of halogens is 1. The monoisotopic (exact) mass is 390 g/mol. The van der Waals surface area contributed by atoms with Crippen molar-refractivity contribution in [1.29, 1.82) is 0 Å². The van der Waals surface area contributed by atoms with E-state index in [2.05, 4.69) is 32.6 Å². The lowest BCUT2D eigenvalue weighted by molar-refractivity contribution is 0.361. The van der Waals surface area contributed by atoms with E-state index < -0.39 is 7.14 Å². The fraction of sp³-hybridized carbons (Fsp3) is 0.353. The van der Waals surface area contributed by atoms with Gasteiger partial charge in [-0.05, 0) is 31.3 Å². The minimum Gasteiger partial charge on any atom is -0.338 e. The summed E-state index contributed by atoms with van der Waals surface area (Å²) in [6, 6.07) is 7.79. The second-order valence-electron chi connectivity index (χ2n) is 6.68. The highest BCUT2D eigenvalue weighted by molar-refractivity contribution is 7.71. The van der Waals surface area contributed by atoms with Crippen LogP contribution in [0.2, 0.25) is 5.02 Å². The SMILES string of the molecule is CN1CCP(=O)(c2ccc(Nc3ncc(Cl)c4c3nnn4C)cc2)CC1. The number of fused-ring (bicyclic) bond motifs is 1. The number of pyridine rings is 1. The zero-order valence-electron chi connectivity index (χ0n) is 14.7. The summed E-state index contributed by atoms with van der Waals surface area (Å²) in [5, 5.41) is 12.9. The van der Waals surface area contributed by atoms with Gasteiger partial charge in [-0.25, -0.2) is 9.67 Å². The van der Waals surface area contributed by atoms with Crippen LogP contribution in [0, 0.1) is 0 Å². The standard InChI is InChI=1S/C17H20ClN6OP/c1-23-7-9-26(25,10-8-23)13-5-3-12(4-6-13)20-17-15-16(14(18)11-19-17)24(2)22-21-15/h3-6,11H,7-10H2,1-2H3,(H,19,20). The Morgan fingerprint density at radius 3 is 2.54 bits per heavy atom. The van der Waals surface area contributed by atoms with Crippen molar-refractivity contribution in [3.8, 4) is 0 Å². The van der Waals surface area contributed by atoms with Crippen LogP contribution in [0.3, 0.4) is 0 Å². The molecule has 1 aliphatic heterocycles. The van der Waals surface area contributed by atoms with Crippen LogP contribution in [0.5, 0.6) is 0 Å². The van der Waals surface area contributed by atoms with Crippen LogP contribution in [-0.4, -0.2) is 57.3 Å². The Bertz CT molecular complexity index is 990. The van der Waals surface area contributed by atoms with E-state index in [1.807, 2.05) is 24.3 Å². The minimum absolute atomic E-state index is 0.508. The molecule has 1 N–H and O–H groups in total. The summed E-state index contributed by atoms with van der Waals surface area (Å²) in [5.74, 6) is 0.594. The molecule has 1 saturated heterocycles. The summed E-state index contributed by atoms with van der Waals surface area (Å²) in [6.45, 7) is 1.77. The second kappa shape index (κ2) is 6.65. The number of aromatic nitrogens is 4. The molecule has 7 nitrogen and oxygen atoms in total. The number of nitrogens with zero attached hydrogens (tertiary/aromatic N) is 5. The van der Waals surface area contributed by atoms with Crippen LogP contribution in [0.4, 0.5) is 11.5 Å². The lowest BCUT2D eigenvalue weighted by atomic mass is 10.3. The molecule has 0 unspecified atom stereocenters. The Morgan fingerprint density at radius 2 is 1.85 bits per heavy atom. The Morgan fingerprint density at radius 1 is 1.15 bits per heavy atom. The van der Waals surface area contributed by atoms with Crippen molar-refractivity contribution in [2.45, 2.75) is 0 Å². The number of benzene rings is 1. The molecule has 1 aliphatic rings. The van der Waals surface area contributed by atoms with Crippen molar-refractivity contribution >= 4 is 46.6 Å². The Kier molecular flexibility index (Phi) is 4.47. The Labute approximate surface area is 156 Å². The second-order valence-corrected chi connectivity index (χ2v) is 10.3. The van der Waals surface area contributed by atoms with Gasteiger partial charge in [0.2, 0.25) is 0 Å². The highest BCUT2D eigenvalue weighted by atomic mass is 35.5. The van der Waals surface area contributed by atoms with Crippen molar-refractivity contribution in [3.63, 3.8) is 0 Å². The van der Waals surface area contributed by atoms with E-state index in [-0.39, 0.29) is 0 Å². The first-order valence-electron chi connectivity index (χ1n) is 8.44. The molecule has 9 heteroatoms. The molecular weight excluding hydrogens is 371 g/mol. The molecule has 0 bridgehead atoms. The van der Waals surface area contributed by atoms with Gasteiger partial charge in [0.1, 0.15) is 12.7 Å². The van der Waals surface area contributed by atoms with Crippen molar-refractivity contribution in [1.82, 2.24) is 24.9 Å². The number of aryl methyl sites for hydroxylation is 1. The molecule has 0 amide bonds. The number of hydrogen-bond donors (Lipinski definition) is 1. The molecule has 1 aromatic carbocycles. The highest BCUT2D eigenvalue weighted by Gasteiger charge is 2.29. The average molecular weight is 391 g/mol. The van der Waals surface area contributed by atoms with E-state index in [0.29, 0.717) is 16.4 Å². The lowest BCUT2D eigenvalue weighted by Gasteiger charge is -2.29. The van der Waals surface area contributed by atoms with E-state index in [1.165, 1.54) is 0 Å². The van der Waals surface area contributed by atoms with Gasteiger partial charge in [0.05, 0.1) is 11.2 Å². The molecule has 0 saturated carbocycles. The molecule has 0 aliphatic carbocycles. The van der Waals surface area contributed by atoms with Gasteiger partial charge >= 0.3 is 0 Å². The van der Waals surface area contributed by atoms with Crippen LogP contribution in [0.25, 0.3) is 11.0 Å². The fourth-order valence-electron chi connectivity index (χ4n) is 3.22. The fourth-order valence-corrected chi connectivity index (χ4v) is 6.24. The maximum atomic E-state index is 13.2. The van der Waals surface area contributed by atoms with Crippen LogP contribution in [0.1, 0.15) is 0 Å². The topological polar surface area (TPSA) is 75.9 Å². The molecule has 136 valence electrons. The van der Waals surface area contributed by atoms with E-state index in [9.17, 15) is 4.57 Å². The van der Waals surface area contributed by atoms with E-state index >= 15 is 0 Å². The van der Waals surface area contributed by atoms with Crippen molar-refractivity contribution in [3.05, 3.63) is 35.5 Å².